The van der Waals surface area contributed by atoms with E-state index in [1.165, 1.54) is 4.31 Å². The van der Waals surface area contributed by atoms with Crippen LogP contribution in [-0.2, 0) is 14.8 Å². The van der Waals surface area contributed by atoms with Crippen LogP contribution < -0.4 is 4.74 Å². The van der Waals surface area contributed by atoms with Gasteiger partial charge in [0.1, 0.15) is 16.7 Å². The number of aryl methyl sites for hydroxylation is 1. The van der Waals surface area contributed by atoms with Crippen molar-refractivity contribution in [3.05, 3.63) is 48.0 Å². The lowest BCUT2D eigenvalue weighted by Gasteiger charge is -2.37. The molecule has 180 valence electrons. The molecule has 1 amide bonds. The van der Waals surface area contributed by atoms with Gasteiger partial charge < -0.3 is 14.7 Å². The van der Waals surface area contributed by atoms with Gasteiger partial charge in [0.05, 0.1) is 13.2 Å². The van der Waals surface area contributed by atoms with Crippen molar-refractivity contribution in [3.8, 4) is 16.9 Å². The summed E-state index contributed by atoms with van der Waals surface area (Å²) in [5, 5.41) is 9.76. The van der Waals surface area contributed by atoms with Crippen molar-refractivity contribution >= 4 is 15.9 Å². The van der Waals surface area contributed by atoms with Gasteiger partial charge in [-0.05, 0) is 37.1 Å². The lowest BCUT2D eigenvalue weighted by molar-refractivity contribution is -0.131. The molecule has 1 aliphatic rings. The number of likely N-dealkylation sites (N-methyl/N-ethyl adjacent to an activating group) is 1. The van der Waals surface area contributed by atoms with Gasteiger partial charge in [0.2, 0.25) is 15.9 Å². The molecular formula is C25H34N2O5S. The van der Waals surface area contributed by atoms with Gasteiger partial charge in [0, 0.05) is 32.0 Å². The molecule has 0 fully saturated rings. The third-order valence-corrected chi connectivity index (χ3v) is 8.25. The quantitative estimate of drug-likeness (QED) is 0.694. The molecule has 0 aliphatic carbocycles. The van der Waals surface area contributed by atoms with Crippen LogP contribution in [0.2, 0.25) is 0 Å². The minimum absolute atomic E-state index is 0.00491. The molecule has 0 saturated heterocycles. The number of nitrogens with zero attached hydrogens (tertiary/aromatic N) is 2. The number of sulfonamides is 1. The van der Waals surface area contributed by atoms with Gasteiger partial charge in [-0.2, -0.15) is 4.31 Å². The molecule has 0 radical (unpaired) electrons. The molecule has 0 unspecified atom stereocenters. The molecule has 8 heteroatoms. The summed E-state index contributed by atoms with van der Waals surface area (Å²) in [4.78, 5) is 13.9. The summed E-state index contributed by atoms with van der Waals surface area (Å²) >= 11 is 0. The minimum atomic E-state index is -3.90. The number of amides is 1. The summed E-state index contributed by atoms with van der Waals surface area (Å²) in [6.07, 6.45) is -0.0326. The molecule has 0 spiro atoms. The van der Waals surface area contributed by atoms with Crippen LogP contribution in [0.15, 0.2) is 47.4 Å². The summed E-state index contributed by atoms with van der Waals surface area (Å²) in [6, 6.07) is 12.5. The SMILES string of the molecule is CCC(=O)N(C)C[C@@H]1Oc2cc(-c3ccc(C)cc3)ccc2S(=O)(=O)N([C@H](C)CO)C[C@@H]1C. The first-order chi connectivity index (χ1) is 15.6. The highest BCUT2D eigenvalue weighted by Crippen LogP contribution is 2.36. The first kappa shape index (κ1) is 25.2. The van der Waals surface area contributed by atoms with Crippen molar-refractivity contribution in [2.75, 3.05) is 26.7 Å². The number of carbonyl (C=O) groups excluding carboxylic acids is 1. The molecule has 2 aromatic carbocycles. The Balaban J connectivity index is 2.11. The standard InChI is InChI=1S/C25H34N2O5S/c1-6-25(29)26(5)15-23-18(3)14-27(19(4)16-28)33(30,31)24-12-11-21(13-22(24)32-23)20-9-7-17(2)8-10-20/h7-13,18-19,23,28H,6,14-16H2,1-5H3/t18-,19+,23-/m0/s1. The fraction of sp³-hybridized carbons (Fsp3) is 0.480. The first-order valence-electron chi connectivity index (χ1n) is 11.3. The Morgan fingerprint density at radius 2 is 1.85 bits per heavy atom. The summed E-state index contributed by atoms with van der Waals surface area (Å²) < 4.78 is 34.8. The van der Waals surface area contributed by atoms with Crippen molar-refractivity contribution < 1.29 is 23.1 Å². The molecule has 1 N–H and O–H groups in total. The average molecular weight is 475 g/mol. The Morgan fingerprint density at radius 3 is 2.45 bits per heavy atom. The third kappa shape index (κ3) is 5.39. The maximum Gasteiger partial charge on any atom is 0.247 e. The van der Waals surface area contributed by atoms with Crippen LogP contribution in [0.25, 0.3) is 11.1 Å². The second kappa shape index (κ2) is 10.2. The van der Waals surface area contributed by atoms with E-state index in [1.54, 1.807) is 37.1 Å². The maximum absolute atomic E-state index is 13.6. The molecule has 33 heavy (non-hydrogen) atoms. The number of rotatable bonds is 6. The van der Waals surface area contributed by atoms with Crippen LogP contribution >= 0.6 is 0 Å². The van der Waals surface area contributed by atoms with E-state index in [1.807, 2.05) is 45.0 Å². The highest BCUT2D eigenvalue weighted by atomic mass is 32.2. The molecule has 0 aromatic heterocycles. The zero-order valence-corrected chi connectivity index (χ0v) is 20.8. The lowest BCUT2D eigenvalue weighted by Crippen LogP contribution is -2.50. The highest BCUT2D eigenvalue weighted by molar-refractivity contribution is 7.89. The average Bonchev–Trinajstić information content (AvgIpc) is 2.80. The fourth-order valence-electron chi connectivity index (χ4n) is 4.01. The van der Waals surface area contributed by atoms with Gasteiger partial charge in [0.15, 0.2) is 0 Å². The number of hydrogen-bond acceptors (Lipinski definition) is 5. The van der Waals surface area contributed by atoms with E-state index in [2.05, 4.69) is 0 Å². The second-order valence-corrected chi connectivity index (χ2v) is 10.8. The van der Waals surface area contributed by atoms with Gasteiger partial charge in [0.25, 0.3) is 0 Å². The Labute approximate surface area is 197 Å². The molecule has 7 nitrogen and oxygen atoms in total. The highest BCUT2D eigenvalue weighted by Gasteiger charge is 2.38. The first-order valence-corrected chi connectivity index (χ1v) is 12.8. The number of aliphatic hydroxyl groups is 1. The molecule has 2 aromatic rings. The largest absolute Gasteiger partial charge is 0.487 e. The van der Waals surface area contributed by atoms with Crippen LogP contribution in [0.1, 0.15) is 32.8 Å². The van der Waals surface area contributed by atoms with E-state index in [9.17, 15) is 18.3 Å². The van der Waals surface area contributed by atoms with Crippen LogP contribution in [0.5, 0.6) is 5.75 Å². The molecule has 3 atom stereocenters. The Morgan fingerprint density at radius 1 is 1.21 bits per heavy atom. The predicted octanol–water partition coefficient (Wildman–Crippen LogP) is 3.30. The summed E-state index contributed by atoms with van der Waals surface area (Å²) in [6.45, 7) is 7.65. The van der Waals surface area contributed by atoms with E-state index in [4.69, 9.17) is 4.74 Å². The van der Waals surface area contributed by atoms with Gasteiger partial charge >= 0.3 is 0 Å². The fourth-order valence-corrected chi connectivity index (χ4v) is 5.84. The monoisotopic (exact) mass is 474 g/mol. The summed E-state index contributed by atoms with van der Waals surface area (Å²) in [7, 11) is -2.17. The maximum atomic E-state index is 13.6. The lowest BCUT2D eigenvalue weighted by atomic mass is 10.0. The second-order valence-electron chi connectivity index (χ2n) is 8.90. The van der Waals surface area contributed by atoms with Crippen LogP contribution in [0.3, 0.4) is 0 Å². The zero-order valence-electron chi connectivity index (χ0n) is 20.0. The molecular weight excluding hydrogens is 440 g/mol. The van der Waals surface area contributed by atoms with Crippen molar-refractivity contribution in [1.29, 1.82) is 0 Å². The Kier molecular flexibility index (Phi) is 7.82. The van der Waals surface area contributed by atoms with Gasteiger partial charge in [-0.15, -0.1) is 0 Å². The normalized spacial score (nSPS) is 21.3. The number of fused-ring (bicyclic) bond motifs is 1. The summed E-state index contributed by atoms with van der Waals surface area (Å²) in [5.74, 6) is 0.0452. The van der Waals surface area contributed by atoms with E-state index < -0.39 is 22.2 Å². The van der Waals surface area contributed by atoms with E-state index in [0.29, 0.717) is 13.0 Å². The van der Waals surface area contributed by atoms with E-state index >= 15 is 0 Å². The smallest absolute Gasteiger partial charge is 0.247 e. The van der Waals surface area contributed by atoms with Crippen molar-refractivity contribution in [2.24, 2.45) is 5.92 Å². The molecule has 1 heterocycles. The third-order valence-electron chi connectivity index (χ3n) is 6.23. The number of aliphatic hydroxyl groups excluding tert-OH is 1. The van der Waals surface area contributed by atoms with Crippen LogP contribution in [0, 0.1) is 12.8 Å². The number of hydrogen-bond donors (Lipinski definition) is 1. The molecule has 0 saturated carbocycles. The van der Waals surface area contributed by atoms with Crippen LogP contribution in [-0.4, -0.2) is 67.5 Å². The van der Waals surface area contributed by atoms with E-state index in [0.717, 1.165) is 16.7 Å². The zero-order chi connectivity index (χ0) is 24.3. The molecule has 3 rings (SSSR count). The van der Waals surface area contributed by atoms with E-state index in [-0.39, 0.29) is 35.6 Å². The number of ether oxygens (including phenoxy) is 1. The van der Waals surface area contributed by atoms with Crippen molar-refractivity contribution in [1.82, 2.24) is 9.21 Å². The van der Waals surface area contributed by atoms with Gasteiger partial charge in [-0.25, -0.2) is 8.42 Å². The topological polar surface area (TPSA) is 87.2 Å². The molecule has 0 bridgehead atoms. The predicted molar refractivity (Wildman–Crippen MR) is 129 cm³/mol. The van der Waals surface area contributed by atoms with Gasteiger partial charge in [-0.3, -0.25) is 4.79 Å². The van der Waals surface area contributed by atoms with Crippen molar-refractivity contribution in [3.63, 3.8) is 0 Å². The molecule has 1 aliphatic heterocycles. The van der Waals surface area contributed by atoms with Crippen LogP contribution in [0.4, 0.5) is 0 Å². The summed E-state index contributed by atoms with van der Waals surface area (Å²) in [5.41, 5.74) is 2.93. The van der Waals surface area contributed by atoms with Crippen molar-refractivity contribution in [2.45, 2.75) is 51.2 Å². The minimum Gasteiger partial charge on any atom is -0.487 e. The Bertz CT molecular complexity index is 1080. The number of carbonyl (C=O) groups is 1. The van der Waals surface area contributed by atoms with Gasteiger partial charge in [-0.1, -0.05) is 49.7 Å². The Hall–Kier alpha value is -2.42. The number of benzene rings is 2.